The average molecular weight is 268 g/mol. The van der Waals surface area contributed by atoms with Gasteiger partial charge in [-0.25, -0.2) is 0 Å². The van der Waals surface area contributed by atoms with Crippen molar-refractivity contribution in [2.45, 2.75) is 84.0 Å². The predicted octanol–water partition coefficient (Wildman–Crippen LogP) is 5.42. The van der Waals surface area contributed by atoms with Gasteiger partial charge in [0.1, 0.15) is 0 Å². The maximum atomic E-state index is 10.9. The molecule has 0 radical (unpaired) electrons. The minimum absolute atomic E-state index is 0.0778. The Kier molecular flexibility index (Phi) is 14.6. The first-order valence-electron chi connectivity index (χ1n) is 8.03. The second-order valence-electron chi connectivity index (χ2n) is 5.20. The fourth-order valence-electron chi connectivity index (χ4n) is 2.09. The summed E-state index contributed by atoms with van der Waals surface area (Å²) in [6.07, 6.45) is 19.0. The third kappa shape index (κ3) is 15.2. The number of carbonyl (C=O) groups is 1. The van der Waals surface area contributed by atoms with E-state index in [0.29, 0.717) is 6.42 Å². The third-order valence-electron chi connectivity index (χ3n) is 3.37. The summed E-state index contributed by atoms with van der Waals surface area (Å²) < 4.78 is 4.61. The van der Waals surface area contributed by atoms with Crippen LogP contribution in [-0.4, -0.2) is 13.1 Å². The molecule has 0 aromatic rings. The Morgan fingerprint density at radius 2 is 1.37 bits per heavy atom. The van der Waals surface area contributed by atoms with Crippen LogP contribution in [-0.2, 0) is 9.53 Å². The van der Waals surface area contributed by atoms with Crippen molar-refractivity contribution in [2.75, 3.05) is 7.11 Å². The molecule has 0 heterocycles. The van der Waals surface area contributed by atoms with Crippen molar-refractivity contribution in [3.8, 4) is 0 Å². The molecule has 0 bridgehead atoms. The van der Waals surface area contributed by atoms with Crippen molar-refractivity contribution < 1.29 is 9.53 Å². The van der Waals surface area contributed by atoms with Crippen LogP contribution >= 0.6 is 0 Å². The summed E-state index contributed by atoms with van der Waals surface area (Å²) in [7, 11) is 1.46. The molecule has 0 rings (SSSR count). The molecule has 0 N–H and O–H groups in total. The number of ether oxygens (including phenoxy) is 1. The summed E-state index contributed by atoms with van der Waals surface area (Å²) in [6.45, 7) is 2.25. The molecule has 0 fully saturated rings. The van der Waals surface area contributed by atoms with Gasteiger partial charge in [-0.3, -0.25) is 4.79 Å². The van der Waals surface area contributed by atoms with E-state index in [4.69, 9.17) is 0 Å². The Hall–Kier alpha value is -0.790. The lowest BCUT2D eigenvalue weighted by Crippen LogP contribution is -1.98. The lowest BCUT2D eigenvalue weighted by molar-refractivity contribution is -0.140. The van der Waals surface area contributed by atoms with Crippen molar-refractivity contribution in [3.05, 3.63) is 12.2 Å². The minimum Gasteiger partial charge on any atom is -0.469 e. The molecule has 19 heavy (non-hydrogen) atoms. The number of rotatable bonds is 13. The first-order valence-corrected chi connectivity index (χ1v) is 8.03. The molecule has 112 valence electrons. The molecule has 0 aliphatic carbocycles. The van der Waals surface area contributed by atoms with Gasteiger partial charge in [0.15, 0.2) is 0 Å². The maximum Gasteiger partial charge on any atom is 0.305 e. The second kappa shape index (κ2) is 15.3. The van der Waals surface area contributed by atoms with Gasteiger partial charge in [-0.1, -0.05) is 57.6 Å². The maximum absolute atomic E-state index is 10.9. The third-order valence-corrected chi connectivity index (χ3v) is 3.37. The van der Waals surface area contributed by atoms with Gasteiger partial charge in [0, 0.05) is 6.42 Å². The summed E-state index contributed by atoms with van der Waals surface area (Å²) in [4.78, 5) is 10.9. The van der Waals surface area contributed by atoms with Gasteiger partial charge < -0.3 is 4.74 Å². The molecule has 0 unspecified atom stereocenters. The second-order valence-corrected chi connectivity index (χ2v) is 5.20. The monoisotopic (exact) mass is 268 g/mol. The van der Waals surface area contributed by atoms with Crippen LogP contribution in [0.2, 0.25) is 0 Å². The van der Waals surface area contributed by atoms with Crippen LogP contribution in [0.3, 0.4) is 0 Å². The van der Waals surface area contributed by atoms with Crippen molar-refractivity contribution in [1.29, 1.82) is 0 Å². The normalized spacial score (nSPS) is 11.1. The number of allylic oxidation sites excluding steroid dienone is 2. The number of unbranched alkanes of at least 4 members (excludes halogenated alkanes) is 9. The van der Waals surface area contributed by atoms with E-state index in [-0.39, 0.29) is 5.97 Å². The summed E-state index contributed by atoms with van der Waals surface area (Å²) in [6, 6.07) is 0. The van der Waals surface area contributed by atoms with Crippen LogP contribution in [0.4, 0.5) is 0 Å². The topological polar surface area (TPSA) is 26.3 Å². The molecule has 0 aromatic heterocycles. The van der Waals surface area contributed by atoms with Gasteiger partial charge in [-0.05, 0) is 32.1 Å². The molecule has 2 nitrogen and oxygen atoms in total. The molecule has 0 saturated heterocycles. The first kappa shape index (κ1) is 18.2. The van der Waals surface area contributed by atoms with E-state index < -0.39 is 0 Å². The molecule has 0 saturated carbocycles. The Balaban J connectivity index is 3.09. The largest absolute Gasteiger partial charge is 0.469 e. The van der Waals surface area contributed by atoms with E-state index >= 15 is 0 Å². The van der Waals surface area contributed by atoms with Crippen molar-refractivity contribution in [2.24, 2.45) is 0 Å². The van der Waals surface area contributed by atoms with E-state index in [1.54, 1.807) is 0 Å². The van der Waals surface area contributed by atoms with E-state index in [0.717, 1.165) is 12.8 Å². The summed E-state index contributed by atoms with van der Waals surface area (Å²) in [5.74, 6) is -0.0778. The van der Waals surface area contributed by atoms with Crippen molar-refractivity contribution in [3.63, 3.8) is 0 Å². The number of carbonyl (C=O) groups excluding carboxylic acids is 1. The zero-order valence-electron chi connectivity index (χ0n) is 13.0. The number of hydrogen-bond donors (Lipinski definition) is 0. The molecule has 0 atom stereocenters. The predicted molar refractivity (Wildman–Crippen MR) is 82.2 cm³/mol. The Morgan fingerprint density at radius 3 is 1.95 bits per heavy atom. The Morgan fingerprint density at radius 1 is 0.842 bits per heavy atom. The molecule has 0 spiro atoms. The van der Waals surface area contributed by atoms with Crippen molar-refractivity contribution >= 4 is 5.97 Å². The molecule has 0 aromatic carbocycles. The summed E-state index contributed by atoms with van der Waals surface area (Å²) in [5, 5.41) is 0. The number of hydrogen-bond acceptors (Lipinski definition) is 2. The standard InChI is InChI=1S/C17H32O2/c1-3-4-5-6-7-8-9-10-11-12-13-14-15-16-17(18)19-2/h8-9H,3-7,10-16H2,1-2H3. The highest BCUT2D eigenvalue weighted by atomic mass is 16.5. The van der Waals surface area contributed by atoms with Crippen LogP contribution in [0.5, 0.6) is 0 Å². The minimum atomic E-state index is -0.0778. The van der Waals surface area contributed by atoms with Crippen LogP contribution < -0.4 is 0 Å². The first-order chi connectivity index (χ1) is 9.31. The molecule has 0 amide bonds. The smallest absolute Gasteiger partial charge is 0.305 e. The van der Waals surface area contributed by atoms with Crippen LogP contribution in [0.25, 0.3) is 0 Å². The summed E-state index contributed by atoms with van der Waals surface area (Å²) in [5.41, 5.74) is 0. The fourth-order valence-corrected chi connectivity index (χ4v) is 2.09. The number of methoxy groups -OCH3 is 1. The van der Waals surface area contributed by atoms with Gasteiger partial charge in [0.25, 0.3) is 0 Å². The van der Waals surface area contributed by atoms with E-state index in [9.17, 15) is 4.79 Å². The van der Waals surface area contributed by atoms with Gasteiger partial charge in [-0.15, -0.1) is 0 Å². The lowest BCUT2D eigenvalue weighted by Gasteiger charge is -2.00. The highest BCUT2D eigenvalue weighted by Crippen LogP contribution is 2.09. The molecule has 0 aliphatic heterocycles. The summed E-state index contributed by atoms with van der Waals surface area (Å²) >= 11 is 0. The van der Waals surface area contributed by atoms with Gasteiger partial charge in [0.2, 0.25) is 0 Å². The number of esters is 1. The van der Waals surface area contributed by atoms with Crippen molar-refractivity contribution in [1.82, 2.24) is 0 Å². The molecular formula is C17H32O2. The van der Waals surface area contributed by atoms with E-state index in [1.165, 1.54) is 64.9 Å². The van der Waals surface area contributed by atoms with Gasteiger partial charge in [-0.2, -0.15) is 0 Å². The van der Waals surface area contributed by atoms with Crippen LogP contribution in [0.1, 0.15) is 84.0 Å². The highest BCUT2D eigenvalue weighted by molar-refractivity contribution is 5.68. The molecule has 2 heteroatoms. The van der Waals surface area contributed by atoms with Crippen LogP contribution in [0.15, 0.2) is 12.2 Å². The lowest BCUT2D eigenvalue weighted by atomic mass is 10.1. The van der Waals surface area contributed by atoms with E-state index in [1.807, 2.05) is 0 Å². The van der Waals surface area contributed by atoms with Gasteiger partial charge >= 0.3 is 5.97 Å². The average Bonchev–Trinajstić information content (AvgIpc) is 2.43. The van der Waals surface area contributed by atoms with Crippen LogP contribution in [0, 0.1) is 0 Å². The quantitative estimate of drug-likeness (QED) is 0.253. The zero-order valence-corrected chi connectivity index (χ0v) is 13.0. The Bertz CT molecular complexity index is 221. The molecular weight excluding hydrogens is 236 g/mol. The van der Waals surface area contributed by atoms with E-state index in [2.05, 4.69) is 23.8 Å². The SMILES string of the molecule is CCCCCCC=CCCCCCCCC(=O)OC. The highest BCUT2D eigenvalue weighted by Gasteiger charge is 1.98. The van der Waals surface area contributed by atoms with Gasteiger partial charge in [0.05, 0.1) is 7.11 Å². The molecule has 0 aliphatic rings. The fraction of sp³-hybridized carbons (Fsp3) is 0.824. The zero-order chi connectivity index (χ0) is 14.2. The Labute approximate surface area is 119 Å².